The van der Waals surface area contributed by atoms with E-state index >= 15 is 0 Å². The molecule has 26 heavy (non-hydrogen) atoms. The fourth-order valence-electron chi connectivity index (χ4n) is 4.21. The highest BCUT2D eigenvalue weighted by Crippen LogP contribution is 2.63. The smallest absolute Gasteiger partial charge is 0.276 e. The van der Waals surface area contributed by atoms with Crippen LogP contribution in [0.15, 0.2) is 18.2 Å². The molecule has 2 aliphatic carbocycles. The van der Waals surface area contributed by atoms with Gasteiger partial charge in [0.25, 0.3) is 11.8 Å². The molecule has 0 aliphatic heterocycles. The second kappa shape index (κ2) is 6.74. The maximum absolute atomic E-state index is 12.7. The molecule has 2 saturated carbocycles. The molecule has 2 amide bonds. The Hall–Kier alpha value is -1.79. The molecule has 0 spiro atoms. The maximum atomic E-state index is 12.7. The first-order valence-electron chi connectivity index (χ1n) is 8.39. The van der Waals surface area contributed by atoms with Crippen LogP contribution in [0, 0.1) is 16.7 Å². The van der Waals surface area contributed by atoms with Gasteiger partial charge in [-0.3, -0.25) is 25.2 Å². The summed E-state index contributed by atoms with van der Waals surface area (Å²) in [6.45, 7) is 3.56. The largest absolute Gasteiger partial charge is 0.482 e. The van der Waals surface area contributed by atoms with Gasteiger partial charge >= 0.3 is 0 Å². The quantitative estimate of drug-likeness (QED) is 0.603. The number of hydrogen-bond donors (Lipinski definition) is 2. The fourth-order valence-corrected chi connectivity index (χ4v) is 4.68. The van der Waals surface area contributed by atoms with E-state index in [0.29, 0.717) is 23.6 Å². The molecule has 1 aromatic carbocycles. The van der Waals surface area contributed by atoms with Crippen LogP contribution in [-0.4, -0.2) is 24.2 Å². The number of ketones is 1. The number of fused-ring (bicyclic) bond motifs is 2. The van der Waals surface area contributed by atoms with Crippen LogP contribution in [0.4, 0.5) is 0 Å². The van der Waals surface area contributed by atoms with E-state index in [2.05, 4.69) is 10.9 Å². The van der Waals surface area contributed by atoms with Crippen LogP contribution in [0.3, 0.4) is 0 Å². The third-order valence-corrected chi connectivity index (χ3v) is 6.38. The Bertz CT molecular complexity index is 780. The molecule has 0 saturated heterocycles. The molecular weight excluding hydrogens is 379 g/mol. The van der Waals surface area contributed by atoms with Gasteiger partial charge in [-0.05, 0) is 42.4 Å². The Labute approximate surface area is 161 Å². The lowest BCUT2D eigenvalue weighted by Crippen LogP contribution is -2.55. The van der Waals surface area contributed by atoms with Crippen LogP contribution in [0.25, 0.3) is 0 Å². The second-order valence-corrected chi connectivity index (χ2v) is 8.20. The van der Waals surface area contributed by atoms with Crippen LogP contribution < -0.4 is 15.6 Å². The highest BCUT2D eigenvalue weighted by molar-refractivity contribution is 6.35. The number of hydrazine groups is 1. The van der Waals surface area contributed by atoms with E-state index in [1.54, 1.807) is 12.1 Å². The molecule has 140 valence electrons. The van der Waals surface area contributed by atoms with Gasteiger partial charge in [-0.15, -0.1) is 0 Å². The molecule has 6 nitrogen and oxygen atoms in total. The maximum Gasteiger partial charge on any atom is 0.276 e. The molecule has 1 aromatic rings. The van der Waals surface area contributed by atoms with E-state index in [-0.39, 0.29) is 23.3 Å². The van der Waals surface area contributed by atoms with Gasteiger partial charge in [0.1, 0.15) is 16.9 Å². The molecule has 0 radical (unpaired) electrons. The summed E-state index contributed by atoms with van der Waals surface area (Å²) in [5.41, 5.74) is 3.23. The van der Waals surface area contributed by atoms with Crippen molar-refractivity contribution in [1.29, 1.82) is 0 Å². The van der Waals surface area contributed by atoms with E-state index in [4.69, 9.17) is 27.9 Å². The highest BCUT2D eigenvalue weighted by Gasteiger charge is 2.68. The van der Waals surface area contributed by atoms with E-state index < -0.39 is 22.6 Å². The predicted molar refractivity (Wildman–Crippen MR) is 96.8 cm³/mol. The zero-order chi connectivity index (χ0) is 19.1. The van der Waals surface area contributed by atoms with Crippen LogP contribution in [0.1, 0.15) is 33.1 Å². The van der Waals surface area contributed by atoms with E-state index in [1.807, 2.05) is 13.8 Å². The van der Waals surface area contributed by atoms with Crippen molar-refractivity contribution in [2.24, 2.45) is 16.7 Å². The van der Waals surface area contributed by atoms with Gasteiger partial charge in [0.15, 0.2) is 6.61 Å². The number of amides is 2. The average Bonchev–Trinajstić information content (AvgIpc) is 2.94. The number of rotatable bonds is 4. The van der Waals surface area contributed by atoms with Crippen LogP contribution in [0.2, 0.25) is 10.0 Å². The molecule has 2 bridgehead atoms. The number of carbonyl (C=O) groups is 3. The lowest BCUT2D eigenvalue weighted by molar-refractivity contribution is -0.147. The summed E-state index contributed by atoms with van der Waals surface area (Å²) in [4.78, 5) is 37.1. The Balaban J connectivity index is 1.56. The summed E-state index contributed by atoms with van der Waals surface area (Å²) >= 11 is 11.8. The van der Waals surface area contributed by atoms with Gasteiger partial charge in [-0.25, -0.2) is 0 Å². The van der Waals surface area contributed by atoms with Crippen molar-refractivity contribution in [2.75, 3.05) is 6.61 Å². The monoisotopic (exact) mass is 398 g/mol. The van der Waals surface area contributed by atoms with Gasteiger partial charge in [-0.1, -0.05) is 37.0 Å². The van der Waals surface area contributed by atoms with Crippen molar-refractivity contribution >= 4 is 40.8 Å². The Morgan fingerprint density at radius 2 is 2.00 bits per heavy atom. The SMILES string of the molecule is CC1(C)C2CCC1(C(=O)NNC(=O)COc1ccc(Cl)cc1Cl)C(=O)C2. The minimum atomic E-state index is -1.06. The average molecular weight is 399 g/mol. The molecular formula is C18H20Cl2N2O4. The molecule has 2 fully saturated rings. The van der Waals surface area contributed by atoms with Crippen molar-refractivity contribution < 1.29 is 19.1 Å². The second-order valence-electron chi connectivity index (χ2n) is 7.36. The summed E-state index contributed by atoms with van der Waals surface area (Å²) in [7, 11) is 0. The van der Waals surface area contributed by atoms with Crippen molar-refractivity contribution in [3.8, 4) is 5.75 Å². The standard InChI is InChI=1S/C18H20Cl2N2O4/c1-17(2)10-5-6-18(17,14(23)7-10)16(25)22-21-15(24)9-26-13-4-3-11(19)8-12(13)20/h3-4,8,10H,5-7,9H2,1-2H3,(H,21,24)(H,22,25). The van der Waals surface area contributed by atoms with Crippen LogP contribution >= 0.6 is 23.2 Å². The topological polar surface area (TPSA) is 84.5 Å². The molecule has 0 heterocycles. The summed E-state index contributed by atoms with van der Waals surface area (Å²) in [6, 6.07) is 4.64. The zero-order valence-corrected chi connectivity index (χ0v) is 16.0. The highest BCUT2D eigenvalue weighted by atomic mass is 35.5. The van der Waals surface area contributed by atoms with Crippen molar-refractivity contribution in [3.63, 3.8) is 0 Å². The van der Waals surface area contributed by atoms with Gasteiger partial charge < -0.3 is 4.74 Å². The normalized spacial score (nSPS) is 25.8. The minimum absolute atomic E-state index is 0.0466. The number of nitrogens with one attached hydrogen (secondary N) is 2. The lowest BCUT2D eigenvalue weighted by Gasteiger charge is -2.34. The van der Waals surface area contributed by atoms with E-state index in [0.717, 1.165) is 6.42 Å². The first-order chi connectivity index (χ1) is 12.2. The number of carbonyl (C=O) groups excluding carboxylic acids is 3. The molecule has 3 rings (SSSR count). The third-order valence-electron chi connectivity index (χ3n) is 5.85. The summed E-state index contributed by atoms with van der Waals surface area (Å²) in [6.07, 6.45) is 1.78. The van der Waals surface area contributed by atoms with Gasteiger partial charge in [0, 0.05) is 11.4 Å². The number of Topliss-reactive ketones (excluding diaryl/α,β-unsaturated/α-hetero) is 1. The van der Waals surface area contributed by atoms with Crippen LogP contribution in [0.5, 0.6) is 5.75 Å². The number of halogens is 2. The van der Waals surface area contributed by atoms with Gasteiger partial charge in [0.05, 0.1) is 5.02 Å². The molecule has 8 heteroatoms. The molecule has 0 aromatic heterocycles. The lowest BCUT2D eigenvalue weighted by atomic mass is 9.68. The Morgan fingerprint density at radius 3 is 2.58 bits per heavy atom. The van der Waals surface area contributed by atoms with Crippen molar-refractivity contribution in [3.05, 3.63) is 28.2 Å². The summed E-state index contributed by atoms with van der Waals surface area (Å²) in [5.74, 6) is -0.535. The minimum Gasteiger partial charge on any atom is -0.482 e. The Kier molecular flexibility index (Phi) is 4.92. The summed E-state index contributed by atoms with van der Waals surface area (Å²) in [5, 5.41) is 0.737. The van der Waals surface area contributed by atoms with Crippen molar-refractivity contribution in [1.82, 2.24) is 10.9 Å². The first-order valence-corrected chi connectivity index (χ1v) is 9.14. The van der Waals surface area contributed by atoms with E-state index in [1.165, 1.54) is 6.07 Å². The number of ether oxygens (including phenoxy) is 1. The predicted octanol–water partition coefficient (Wildman–Crippen LogP) is 2.92. The number of benzene rings is 1. The van der Waals surface area contributed by atoms with Gasteiger partial charge in [0.2, 0.25) is 0 Å². The zero-order valence-electron chi connectivity index (χ0n) is 14.5. The molecule has 2 N–H and O–H groups in total. The van der Waals surface area contributed by atoms with Crippen molar-refractivity contribution in [2.45, 2.75) is 33.1 Å². The third kappa shape index (κ3) is 2.95. The van der Waals surface area contributed by atoms with E-state index in [9.17, 15) is 14.4 Å². The summed E-state index contributed by atoms with van der Waals surface area (Å²) < 4.78 is 5.31. The Morgan fingerprint density at radius 1 is 1.27 bits per heavy atom. The molecule has 2 aliphatic rings. The number of hydrogen-bond acceptors (Lipinski definition) is 4. The first kappa shape index (κ1) is 19.0. The van der Waals surface area contributed by atoms with Gasteiger partial charge in [-0.2, -0.15) is 0 Å². The molecule has 2 atom stereocenters. The fraction of sp³-hybridized carbons (Fsp3) is 0.500. The molecule has 2 unspecified atom stereocenters. The van der Waals surface area contributed by atoms with Crippen LogP contribution in [-0.2, 0) is 14.4 Å².